The van der Waals surface area contributed by atoms with Crippen LogP contribution in [-0.4, -0.2) is 67.9 Å². The van der Waals surface area contributed by atoms with Gasteiger partial charge >= 0.3 is 0 Å². The van der Waals surface area contributed by atoms with Gasteiger partial charge in [-0.05, 0) is 39.0 Å². The van der Waals surface area contributed by atoms with E-state index in [0.717, 1.165) is 44.6 Å². The Morgan fingerprint density at radius 3 is 2.42 bits per heavy atom. The van der Waals surface area contributed by atoms with Gasteiger partial charge in [-0.15, -0.1) is 24.0 Å². The van der Waals surface area contributed by atoms with Crippen LogP contribution in [0.5, 0.6) is 0 Å². The first kappa shape index (κ1) is 23.9. The highest BCUT2D eigenvalue weighted by Gasteiger charge is 2.28. The third-order valence-electron chi connectivity index (χ3n) is 5.10. The van der Waals surface area contributed by atoms with Gasteiger partial charge in [-0.3, -0.25) is 4.99 Å². The van der Waals surface area contributed by atoms with Gasteiger partial charge in [0.15, 0.2) is 5.96 Å². The zero-order valence-electron chi connectivity index (χ0n) is 16.0. The summed E-state index contributed by atoms with van der Waals surface area (Å²) in [6.07, 6.45) is 5.02. The van der Waals surface area contributed by atoms with Crippen LogP contribution in [0.25, 0.3) is 0 Å². The summed E-state index contributed by atoms with van der Waals surface area (Å²) >= 11 is 0. The normalized spacial score (nSPS) is 25.7. The molecule has 0 spiro atoms. The van der Waals surface area contributed by atoms with Crippen LogP contribution in [0.3, 0.4) is 0 Å². The molecule has 2 rings (SSSR count). The summed E-state index contributed by atoms with van der Waals surface area (Å²) in [7, 11) is -3.09. The summed E-state index contributed by atoms with van der Waals surface area (Å²) in [6.45, 7) is 6.48. The van der Waals surface area contributed by atoms with Gasteiger partial charge in [0, 0.05) is 38.1 Å². The average molecular weight is 502 g/mol. The van der Waals surface area contributed by atoms with E-state index in [0.29, 0.717) is 26.1 Å². The van der Waals surface area contributed by atoms with Gasteiger partial charge in [0.1, 0.15) is 0 Å². The lowest BCUT2D eigenvalue weighted by Gasteiger charge is -2.32. The fraction of sp³-hybridized carbons (Fsp3) is 0.941. The van der Waals surface area contributed by atoms with Crippen LogP contribution < -0.4 is 10.6 Å². The van der Waals surface area contributed by atoms with E-state index in [2.05, 4.69) is 15.6 Å². The van der Waals surface area contributed by atoms with Crippen molar-refractivity contribution in [2.24, 2.45) is 10.9 Å². The number of aliphatic imine (C=N–C) groups is 1. The molecule has 1 saturated heterocycles. The average Bonchev–Trinajstić information content (AvgIpc) is 2.98. The molecule has 7 nitrogen and oxygen atoms in total. The minimum Gasteiger partial charge on any atom is -0.393 e. The summed E-state index contributed by atoms with van der Waals surface area (Å²) in [5.41, 5.74) is 0. The molecule has 1 aliphatic heterocycles. The molecular formula is C17H35IN4O3S. The van der Waals surface area contributed by atoms with E-state index in [1.54, 1.807) is 4.31 Å². The van der Waals surface area contributed by atoms with Gasteiger partial charge in [0.25, 0.3) is 0 Å². The molecule has 0 aromatic heterocycles. The van der Waals surface area contributed by atoms with Crippen molar-refractivity contribution < 1.29 is 13.5 Å². The van der Waals surface area contributed by atoms with Gasteiger partial charge in [-0.2, -0.15) is 0 Å². The molecule has 3 N–H and O–H groups in total. The third kappa shape index (κ3) is 7.12. The topological polar surface area (TPSA) is 94.0 Å². The van der Waals surface area contributed by atoms with Crippen LogP contribution in [0, 0.1) is 5.92 Å². The Morgan fingerprint density at radius 2 is 1.88 bits per heavy atom. The van der Waals surface area contributed by atoms with Gasteiger partial charge < -0.3 is 15.7 Å². The smallest absolute Gasteiger partial charge is 0.214 e. The standard InChI is InChI=1S/C17H34N4O3S.HI/c1-3-12-25(23,24)21-10-8-15(9-11-21)20-17(18-4-2)19-13-14-6-5-7-16(14)22;/h14-16,22H,3-13H2,1-2H3,(H2,18,19,20);1H. The second kappa shape index (κ2) is 11.7. The summed E-state index contributed by atoms with van der Waals surface area (Å²) in [5.74, 6) is 1.27. The van der Waals surface area contributed by atoms with Crippen LogP contribution >= 0.6 is 24.0 Å². The van der Waals surface area contributed by atoms with Gasteiger partial charge in [0.05, 0.1) is 11.9 Å². The molecule has 1 aliphatic carbocycles. The fourth-order valence-corrected chi connectivity index (χ4v) is 5.16. The lowest BCUT2D eigenvalue weighted by Crippen LogP contribution is -2.50. The van der Waals surface area contributed by atoms with Crippen LogP contribution in [-0.2, 0) is 10.0 Å². The van der Waals surface area contributed by atoms with Crippen molar-refractivity contribution >= 4 is 40.0 Å². The molecule has 26 heavy (non-hydrogen) atoms. The molecule has 0 aromatic rings. The lowest BCUT2D eigenvalue weighted by molar-refractivity contribution is 0.136. The highest BCUT2D eigenvalue weighted by atomic mass is 127. The maximum Gasteiger partial charge on any atom is 0.214 e. The maximum absolute atomic E-state index is 12.1. The first-order valence-corrected chi connectivity index (χ1v) is 11.3. The number of hydrogen-bond acceptors (Lipinski definition) is 4. The number of piperidine rings is 1. The molecule has 2 fully saturated rings. The van der Waals surface area contributed by atoms with E-state index in [9.17, 15) is 13.5 Å². The van der Waals surface area contributed by atoms with Crippen LogP contribution in [0.15, 0.2) is 4.99 Å². The Labute approximate surface area is 175 Å². The van der Waals surface area contributed by atoms with E-state index in [4.69, 9.17) is 0 Å². The number of rotatable bonds is 7. The number of aliphatic hydroxyl groups is 1. The molecule has 1 heterocycles. The molecule has 1 saturated carbocycles. The number of nitrogens with one attached hydrogen (secondary N) is 2. The quantitative estimate of drug-likeness (QED) is 0.279. The molecule has 0 bridgehead atoms. The molecule has 0 aromatic carbocycles. The molecular weight excluding hydrogens is 467 g/mol. The minimum absolute atomic E-state index is 0. The van der Waals surface area contributed by atoms with Crippen molar-refractivity contribution in [2.75, 3.05) is 31.9 Å². The van der Waals surface area contributed by atoms with Crippen molar-refractivity contribution in [3.8, 4) is 0 Å². The monoisotopic (exact) mass is 502 g/mol. The number of sulfonamides is 1. The van der Waals surface area contributed by atoms with E-state index in [1.807, 2.05) is 13.8 Å². The van der Waals surface area contributed by atoms with E-state index in [1.165, 1.54) is 0 Å². The zero-order chi connectivity index (χ0) is 18.3. The molecule has 0 amide bonds. The summed E-state index contributed by atoms with van der Waals surface area (Å²) in [4.78, 5) is 4.64. The highest BCUT2D eigenvalue weighted by Crippen LogP contribution is 2.25. The summed E-state index contributed by atoms with van der Waals surface area (Å²) in [6, 6.07) is 0.236. The third-order valence-corrected chi connectivity index (χ3v) is 7.17. The fourth-order valence-electron chi connectivity index (χ4n) is 3.62. The Hall–Kier alpha value is -0.130. The second-order valence-corrected chi connectivity index (χ2v) is 9.20. The minimum atomic E-state index is -3.09. The van der Waals surface area contributed by atoms with Crippen LogP contribution in [0.2, 0.25) is 0 Å². The largest absolute Gasteiger partial charge is 0.393 e. The van der Waals surface area contributed by atoms with Crippen LogP contribution in [0.1, 0.15) is 52.4 Å². The van der Waals surface area contributed by atoms with Crippen molar-refractivity contribution in [3.63, 3.8) is 0 Å². The maximum atomic E-state index is 12.1. The second-order valence-electron chi connectivity index (χ2n) is 7.11. The predicted molar refractivity (Wildman–Crippen MR) is 117 cm³/mol. The molecule has 0 radical (unpaired) electrons. The molecule has 154 valence electrons. The van der Waals surface area contributed by atoms with Gasteiger partial charge in [0.2, 0.25) is 10.0 Å². The Morgan fingerprint density at radius 1 is 1.19 bits per heavy atom. The van der Waals surface area contributed by atoms with Crippen molar-refractivity contribution in [1.82, 2.24) is 14.9 Å². The van der Waals surface area contributed by atoms with Crippen molar-refractivity contribution in [3.05, 3.63) is 0 Å². The first-order chi connectivity index (χ1) is 12.0. The van der Waals surface area contributed by atoms with Crippen LogP contribution in [0.4, 0.5) is 0 Å². The summed E-state index contributed by atoms with van der Waals surface area (Å²) in [5, 5.41) is 16.6. The van der Waals surface area contributed by atoms with Crippen molar-refractivity contribution in [1.29, 1.82) is 0 Å². The Balaban J connectivity index is 0.00000338. The first-order valence-electron chi connectivity index (χ1n) is 9.67. The zero-order valence-corrected chi connectivity index (χ0v) is 19.1. The SMILES string of the molecule is CCCS(=O)(=O)N1CCC(NC(=NCC2CCCC2O)NCC)CC1.I. The highest BCUT2D eigenvalue weighted by molar-refractivity contribution is 14.0. The number of hydrogen-bond donors (Lipinski definition) is 3. The number of nitrogens with zero attached hydrogens (tertiary/aromatic N) is 2. The van der Waals surface area contributed by atoms with E-state index in [-0.39, 0.29) is 47.8 Å². The molecule has 2 aliphatic rings. The lowest BCUT2D eigenvalue weighted by atomic mass is 10.1. The van der Waals surface area contributed by atoms with E-state index >= 15 is 0 Å². The number of guanidine groups is 1. The number of halogens is 1. The molecule has 2 unspecified atom stereocenters. The number of aliphatic hydroxyl groups excluding tert-OH is 1. The van der Waals surface area contributed by atoms with Gasteiger partial charge in [-0.1, -0.05) is 13.3 Å². The van der Waals surface area contributed by atoms with Gasteiger partial charge in [-0.25, -0.2) is 12.7 Å². The molecule has 9 heteroatoms. The predicted octanol–water partition coefficient (Wildman–Crippen LogP) is 1.52. The Kier molecular flexibility index (Phi) is 10.7. The Bertz CT molecular complexity index is 536. The van der Waals surface area contributed by atoms with E-state index < -0.39 is 10.0 Å². The molecule has 2 atom stereocenters. The summed E-state index contributed by atoms with van der Waals surface area (Å²) < 4.78 is 25.9. The van der Waals surface area contributed by atoms with Crippen molar-refractivity contribution in [2.45, 2.75) is 64.5 Å².